The normalized spacial score (nSPS) is 13.0. The van der Waals surface area contributed by atoms with Gasteiger partial charge in [-0.25, -0.2) is 4.79 Å². The van der Waals surface area contributed by atoms with Crippen LogP contribution < -0.4 is 11.1 Å². The third-order valence-electron chi connectivity index (χ3n) is 3.16. The molecule has 138 valence electrons. The van der Waals surface area contributed by atoms with Gasteiger partial charge in [-0.3, -0.25) is 0 Å². The highest BCUT2D eigenvalue weighted by atomic mass is 16.6. The fourth-order valence-electron chi connectivity index (χ4n) is 2.04. The van der Waals surface area contributed by atoms with Crippen molar-refractivity contribution in [1.29, 1.82) is 0 Å². The molecule has 0 aliphatic heterocycles. The number of carbonyl (C=O) groups is 1. The van der Waals surface area contributed by atoms with Gasteiger partial charge >= 0.3 is 6.09 Å². The van der Waals surface area contributed by atoms with Gasteiger partial charge in [0.05, 0.1) is 13.2 Å². The highest BCUT2D eigenvalue weighted by Gasteiger charge is 2.22. The first-order chi connectivity index (χ1) is 10.8. The molecule has 0 aromatic heterocycles. The number of nitrogens with zero attached hydrogens (tertiary/aromatic N) is 1. The van der Waals surface area contributed by atoms with E-state index < -0.39 is 5.60 Å². The molecule has 0 fully saturated rings. The quantitative estimate of drug-likeness (QED) is 0.558. The fourth-order valence-corrected chi connectivity index (χ4v) is 2.04. The second-order valence-electron chi connectivity index (χ2n) is 6.50. The molecule has 1 amide bonds. The van der Waals surface area contributed by atoms with E-state index in [-0.39, 0.29) is 12.1 Å². The van der Waals surface area contributed by atoms with Crippen molar-refractivity contribution in [2.45, 2.75) is 45.3 Å². The molecule has 3 N–H and O–H groups in total. The van der Waals surface area contributed by atoms with Gasteiger partial charge in [-0.05, 0) is 40.2 Å². The van der Waals surface area contributed by atoms with Crippen molar-refractivity contribution in [3.8, 4) is 0 Å². The minimum atomic E-state index is -0.504. The molecule has 23 heavy (non-hydrogen) atoms. The molecule has 1 atom stereocenters. The van der Waals surface area contributed by atoms with E-state index in [4.69, 9.17) is 19.9 Å². The maximum atomic E-state index is 12.2. The summed E-state index contributed by atoms with van der Waals surface area (Å²) in [5.74, 6) is 0. The van der Waals surface area contributed by atoms with Crippen LogP contribution in [0.5, 0.6) is 0 Å². The lowest BCUT2D eigenvalue weighted by atomic mass is 10.1. The van der Waals surface area contributed by atoms with E-state index in [9.17, 15) is 4.79 Å². The summed E-state index contributed by atoms with van der Waals surface area (Å²) in [6.45, 7) is 9.09. The predicted octanol–water partition coefficient (Wildman–Crippen LogP) is 1.21. The number of hydrogen-bond acceptors (Lipinski definition) is 6. The average molecular weight is 333 g/mol. The molecule has 0 radical (unpaired) electrons. The number of ether oxygens (including phenoxy) is 3. The molecule has 0 saturated carbocycles. The maximum Gasteiger partial charge on any atom is 0.410 e. The van der Waals surface area contributed by atoms with Gasteiger partial charge in [0.15, 0.2) is 0 Å². The third-order valence-corrected chi connectivity index (χ3v) is 3.16. The molecule has 0 rings (SSSR count). The first-order valence-corrected chi connectivity index (χ1v) is 8.23. The molecular formula is C16H35N3O4. The average Bonchev–Trinajstić information content (AvgIpc) is 2.46. The number of methoxy groups -OCH3 is 2. The van der Waals surface area contributed by atoms with E-state index in [1.807, 2.05) is 20.8 Å². The van der Waals surface area contributed by atoms with E-state index in [0.717, 1.165) is 12.8 Å². The first kappa shape index (κ1) is 22.1. The molecule has 1 unspecified atom stereocenters. The first-order valence-electron chi connectivity index (χ1n) is 8.23. The lowest BCUT2D eigenvalue weighted by molar-refractivity contribution is 0.0201. The van der Waals surface area contributed by atoms with Crippen molar-refractivity contribution < 1.29 is 19.0 Å². The summed E-state index contributed by atoms with van der Waals surface area (Å²) >= 11 is 0. The largest absolute Gasteiger partial charge is 0.444 e. The lowest BCUT2D eigenvalue weighted by Gasteiger charge is -2.28. The van der Waals surface area contributed by atoms with E-state index in [0.29, 0.717) is 39.4 Å². The standard InChI is InChI=1S/C16H35N3O4/c1-16(2,3)23-15(20)19(11-12-21-4)10-9-18-14(13-22-5)7-6-8-17/h14,18H,6-13,17H2,1-5H3. The van der Waals surface area contributed by atoms with E-state index in [1.54, 1.807) is 19.1 Å². The molecule has 0 spiro atoms. The van der Waals surface area contributed by atoms with E-state index in [1.165, 1.54) is 0 Å². The van der Waals surface area contributed by atoms with Gasteiger partial charge in [0.25, 0.3) is 0 Å². The summed E-state index contributed by atoms with van der Waals surface area (Å²) in [5, 5.41) is 3.41. The molecule has 0 saturated heterocycles. The molecule has 0 aromatic carbocycles. The zero-order chi connectivity index (χ0) is 17.7. The van der Waals surface area contributed by atoms with Crippen molar-refractivity contribution in [1.82, 2.24) is 10.2 Å². The number of amides is 1. The van der Waals surface area contributed by atoms with Gasteiger partial charge < -0.3 is 30.2 Å². The smallest absolute Gasteiger partial charge is 0.410 e. The Kier molecular flexibility index (Phi) is 12.0. The van der Waals surface area contributed by atoms with Crippen LogP contribution in [-0.4, -0.2) is 76.2 Å². The maximum absolute atomic E-state index is 12.2. The second kappa shape index (κ2) is 12.5. The van der Waals surface area contributed by atoms with Crippen LogP contribution in [0.2, 0.25) is 0 Å². The predicted molar refractivity (Wildman–Crippen MR) is 91.6 cm³/mol. The number of nitrogens with two attached hydrogens (primary N) is 1. The minimum Gasteiger partial charge on any atom is -0.444 e. The molecule has 0 heterocycles. The van der Waals surface area contributed by atoms with Crippen molar-refractivity contribution in [2.24, 2.45) is 5.73 Å². The van der Waals surface area contributed by atoms with Crippen LogP contribution in [0, 0.1) is 0 Å². The zero-order valence-corrected chi connectivity index (χ0v) is 15.4. The Labute approximate surface area is 140 Å². The molecule has 0 aliphatic rings. The van der Waals surface area contributed by atoms with Crippen LogP contribution in [0.1, 0.15) is 33.6 Å². The summed E-state index contributed by atoms with van der Waals surface area (Å²) < 4.78 is 15.7. The number of hydrogen-bond donors (Lipinski definition) is 2. The van der Waals surface area contributed by atoms with Crippen LogP contribution in [0.4, 0.5) is 4.79 Å². The Balaban J connectivity index is 4.38. The Hall–Kier alpha value is -0.890. The Bertz CT molecular complexity index is 308. The molecular weight excluding hydrogens is 298 g/mol. The topological polar surface area (TPSA) is 86.0 Å². The number of carbonyl (C=O) groups excluding carboxylic acids is 1. The van der Waals surface area contributed by atoms with Gasteiger partial charge in [-0.2, -0.15) is 0 Å². The van der Waals surface area contributed by atoms with Crippen LogP contribution in [0.25, 0.3) is 0 Å². The Morgan fingerprint density at radius 3 is 2.43 bits per heavy atom. The van der Waals surface area contributed by atoms with Gasteiger partial charge in [0, 0.05) is 39.9 Å². The highest BCUT2D eigenvalue weighted by Crippen LogP contribution is 2.09. The van der Waals surface area contributed by atoms with Crippen LogP contribution in [0.15, 0.2) is 0 Å². The second-order valence-corrected chi connectivity index (χ2v) is 6.50. The summed E-state index contributed by atoms with van der Waals surface area (Å²) in [5.41, 5.74) is 5.05. The van der Waals surface area contributed by atoms with Crippen molar-refractivity contribution >= 4 is 6.09 Å². The fraction of sp³-hybridized carbons (Fsp3) is 0.938. The van der Waals surface area contributed by atoms with Crippen LogP contribution in [0.3, 0.4) is 0 Å². The van der Waals surface area contributed by atoms with E-state index >= 15 is 0 Å². The van der Waals surface area contributed by atoms with Gasteiger partial charge in [0.1, 0.15) is 5.60 Å². The Morgan fingerprint density at radius 2 is 1.91 bits per heavy atom. The Morgan fingerprint density at radius 1 is 1.22 bits per heavy atom. The van der Waals surface area contributed by atoms with Crippen molar-refractivity contribution in [3.05, 3.63) is 0 Å². The van der Waals surface area contributed by atoms with Crippen molar-refractivity contribution in [2.75, 3.05) is 53.6 Å². The molecule has 0 aliphatic carbocycles. The van der Waals surface area contributed by atoms with E-state index in [2.05, 4.69) is 5.32 Å². The summed E-state index contributed by atoms with van der Waals surface area (Å²) in [6.07, 6.45) is 1.58. The summed E-state index contributed by atoms with van der Waals surface area (Å²) in [6, 6.07) is 0.242. The molecule has 7 heteroatoms. The van der Waals surface area contributed by atoms with Crippen LogP contribution >= 0.6 is 0 Å². The summed E-state index contributed by atoms with van der Waals surface area (Å²) in [4.78, 5) is 13.9. The number of nitrogens with one attached hydrogen (secondary N) is 1. The summed E-state index contributed by atoms with van der Waals surface area (Å²) in [7, 11) is 3.30. The van der Waals surface area contributed by atoms with Gasteiger partial charge in [-0.15, -0.1) is 0 Å². The molecule has 7 nitrogen and oxygen atoms in total. The SMILES string of the molecule is COCCN(CCNC(CCCN)COC)C(=O)OC(C)(C)C. The van der Waals surface area contributed by atoms with Crippen LogP contribution in [-0.2, 0) is 14.2 Å². The number of rotatable bonds is 12. The third kappa shape index (κ3) is 12.2. The van der Waals surface area contributed by atoms with Gasteiger partial charge in [-0.1, -0.05) is 0 Å². The molecule has 0 aromatic rings. The lowest BCUT2D eigenvalue weighted by Crippen LogP contribution is -2.44. The van der Waals surface area contributed by atoms with Crippen molar-refractivity contribution in [3.63, 3.8) is 0 Å². The zero-order valence-electron chi connectivity index (χ0n) is 15.4. The minimum absolute atomic E-state index is 0.242. The monoisotopic (exact) mass is 333 g/mol. The highest BCUT2D eigenvalue weighted by molar-refractivity contribution is 5.68. The van der Waals surface area contributed by atoms with Gasteiger partial charge in [0.2, 0.25) is 0 Å². The molecule has 0 bridgehead atoms.